The van der Waals surface area contributed by atoms with E-state index in [1.807, 2.05) is 60.7 Å². The Balaban J connectivity index is 1.22. The number of thiocarbonyl (C=S) groups is 1. The van der Waals surface area contributed by atoms with Crippen LogP contribution in [0.3, 0.4) is 0 Å². The first kappa shape index (κ1) is 29.5. The smallest absolute Gasteiger partial charge is 0.308 e. The number of aryl methyl sites for hydroxylation is 1. The standard InChI is InChI=1S/C31H33N3O6S/c35-28(40-19-7-10-23-8-3-1-4-9-23)22-27-30(37)32-17-18-34(27)31(41)33-29(36)24-13-15-26(16-14-24)39-21-20-38-25-11-5-2-6-12-25/h1-6,8-9,11-16,27H,7,10,17-22H2,(H,32,37)(H,33,36,41). The van der Waals surface area contributed by atoms with Gasteiger partial charge in [-0.2, -0.15) is 0 Å². The SMILES string of the molecule is O=C(CC1C(=O)NCCN1C(=S)NC(=O)c1ccc(OCCOc2ccccc2)cc1)OCCCc1ccccc1. The van der Waals surface area contributed by atoms with Crippen molar-refractivity contribution in [3.8, 4) is 11.5 Å². The normalized spacial score (nSPS) is 14.5. The third kappa shape index (κ3) is 9.32. The molecule has 3 aromatic carbocycles. The fourth-order valence-corrected chi connectivity index (χ4v) is 4.58. The number of hydrogen-bond donors (Lipinski definition) is 2. The number of benzene rings is 3. The molecule has 0 spiro atoms. The van der Waals surface area contributed by atoms with E-state index in [1.165, 1.54) is 0 Å². The predicted molar refractivity (Wildman–Crippen MR) is 158 cm³/mol. The van der Waals surface area contributed by atoms with Crippen LogP contribution >= 0.6 is 12.2 Å². The minimum atomic E-state index is -0.868. The number of rotatable bonds is 12. The van der Waals surface area contributed by atoms with Crippen LogP contribution in [-0.4, -0.2) is 66.7 Å². The van der Waals surface area contributed by atoms with Crippen LogP contribution in [0, 0.1) is 0 Å². The van der Waals surface area contributed by atoms with Crippen molar-refractivity contribution in [1.82, 2.24) is 15.5 Å². The van der Waals surface area contributed by atoms with E-state index in [9.17, 15) is 14.4 Å². The van der Waals surface area contributed by atoms with E-state index in [0.717, 1.165) is 17.7 Å². The molecule has 41 heavy (non-hydrogen) atoms. The van der Waals surface area contributed by atoms with Gasteiger partial charge in [-0.1, -0.05) is 48.5 Å². The summed E-state index contributed by atoms with van der Waals surface area (Å²) in [6.07, 6.45) is 1.29. The van der Waals surface area contributed by atoms with Crippen LogP contribution in [0.5, 0.6) is 11.5 Å². The Morgan fingerprint density at radius 1 is 0.878 bits per heavy atom. The van der Waals surface area contributed by atoms with Crippen LogP contribution in [0.15, 0.2) is 84.9 Å². The molecule has 1 fully saturated rings. The summed E-state index contributed by atoms with van der Waals surface area (Å²) in [6, 6.07) is 25.1. The van der Waals surface area contributed by atoms with E-state index < -0.39 is 17.9 Å². The zero-order valence-corrected chi connectivity index (χ0v) is 23.4. The van der Waals surface area contributed by atoms with Crippen molar-refractivity contribution in [3.63, 3.8) is 0 Å². The number of carbonyl (C=O) groups excluding carboxylic acids is 3. The average Bonchev–Trinajstić information content (AvgIpc) is 3.00. The summed E-state index contributed by atoms with van der Waals surface area (Å²) in [5.74, 6) is 0.0945. The minimum Gasteiger partial charge on any atom is -0.490 e. The Hall–Kier alpha value is -4.44. The highest BCUT2D eigenvalue weighted by atomic mass is 32.1. The maximum Gasteiger partial charge on any atom is 0.308 e. The molecule has 10 heteroatoms. The van der Waals surface area contributed by atoms with Crippen LogP contribution in [0.2, 0.25) is 0 Å². The summed E-state index contributed by atoms with van der Waals surface area (Å²) < 4.78 is 16.7. The summed E-state index contributed by atoms with van der Waals surface area (Å²) in [6.45, 7) is 1.68. The van der Waals surface area contributed by atoms with Gasteiger partial charge < -0.3 is 24.4 Å². The van der Waals surface area contributed by atoms with Crippen LogP contribution in [0.25, 0.3) is 0 Å². The summed E-state index contributed by atoms with van der Waals surface area (Å²) >= 11 is 5.45. The van der Waals surface area contributed by atoms with E-state index in [1.54, 1.807) is 29.2 Å². The second kappa shape index (κ2) is 15.4. The molecule has 2 amide bonds. The van der Waals surface area contributed by atoms with Crippen LogP contribution in [0.1, 0.15) is 28.8 Å². The molecule has 3 aromatic rings. The topological polar surface area (TPSA) is 106 Å². The summed E-state index contributed by atoms with van der Waals surface area (Å²) in [7, 11) is 0. The monoisotopic (exact) mass is 575 g/mol. The molecule has 0 bridgehead atoms. The Labute approximate surface area is 244 Å². The number of para-hydroxylation sites is 1. The zero-order valence-electron chi connectivity index (χ0n) is 22.6. The Morgan fingerprint density at radius 2 is 1.51 bits per heavy atom. The van der Waals surface area contributed by atoms with Gasteiger partial charge in [0.15, 0.2) is 5.11 Å². The second-order valence-corrected chi connectivity index (χ2v) is 9.69. The summed E-state index contributed by atoms with van der Waals surface area (Å²) in [5.41, 5.74) is 1.54. The molecule has 0 aromatic heterocycles. The van der Waals surface area contributed by atoms with Gasteiger partial charge in [0.05, 0.1) is 13.0 Å². The van der Waals surface area contributed by atoms with Gasteiger partial charge in [0.2, 0.25) is 5.91 Å². The van der Waals surface area contributed by atoms with Gasteiger partial charge in [-0.05, 0) is 67.0 Å². The fraction of sp³-hybridized carbons (Fsp3) is 0.290. The maximum absolute atomic E-state index is 12.8. The van der Waals surface area contributed by atoms with Crippen LogP contribution in [-0.2, 0) is 20.7 Å². The van der Waals surface area contributed by atoms with Crippen molar-refractivity contribution in [2.75, 3.05) is 32.9 Å². The number of esters is 1. The molecule has 1 saturated heterocycles. The number of nitrogens with zero attached hydrogens (tertiary/aromatic N) is 1. The molecule has 9 nitrogen and oxygen atoms in total. The molecule has 1 atom stereocenters. The van der Waals surface area contributed by atoms with Crippen molar-refractivity contribution < 1.29 is 28.6 Å². The number of nitrogens with one attached hydrogen (secondary N) is 2. The fourth-order valence-electron chi connectivity index (χ4n) is 4.26. The average molecular weight is 576 g/mol. The van der Waals surface area contributed by atoms with Crippen molar-refractivity contribution in [2.45, 2.75) is 25.3 Å². The largest absolute Gasteiger partial charge is 0.490 e. The first-order valence-corrected chi connectivity index (χ1v) is 13.9. The third-order valence-electron chi connectivity index (χ3n) is 6.37. The minimum absolute atomic E-state index is 0.0742. The van der Waals surface area contributed by atoms with E-state index >= 15 is 0 Å². The number of hydrogen-bond acceptors (Lipinski definition) is 7. The lowest BCUT2D eigenvalue weighted by atomic mass is 10.1. The number of carbonyl (C=O) groups is 3. The van der Waals surface area contributed by atoms with Gasteiger partial charge in [0.25, 0.3) is 5.91 Å². The van der Waals surface area contributed by atoms with Gasteiger partial charge in [0, 0.05) is 18.7 Å². The highest BCUT2D eigenvalue weighted by Crippen LogP contribution is 2.15. The van der Waals surface area contributed by atoms with Gasteiger partial charge >= 0.3 is 5.97 Å². The van der Waals surface area contributed by atoms with Crippen molar-refractivity contribution in [1.29, 1.82) is 0 Å². The molecule has 0 radical (unpaired) electrons. The van der Waals surface area contributed by atoms with E-state index in [4.69, 9.17) is 26.4 Å². The number of ether oxygens (including phenoxy) is 3. The Morgan fingerprint density at radius 3 is 2.20 bits per heavy atom. The van der Waals surface area contributed by atoms with Gasteiger partial charge in [0.1, 0.15) is 30.8 Å². The number of piperazine rings is 1. The number of amides is 2. The Bertz CT molecular complexity index is 1300. The summed E-state index contributed by atoms with van der Waals surface area (Å²) in [5, 5.41) is 5.50. The van der Waals surface area contributed by atoms with Crippen LogP contribution < -0.4 is 20.1 Å². The molecule has 2 N–H and O–H groups in total. The molecule has 1 heterocycles. The summed E-state index contributed by atoms with van der Waals surface area (Å²) in [4.78, 5) is 39.5. The third-order valence-corrected chi connectivity index (χ3v) is 6.70. The van der Waals surface area contributed by atoms with Gasteiger partial charge in [-0.3, -0.25) is 19.7 Å². The molecule has 0 saturated carbocycles. The lowest BCUT2D eigenvalue weighted by Crippen LogP contribution is -2.60. The molecule has 1 aliphatic heterocycles. The Kier molecular flexibility index (Phi) is 11.1. The van der Waals surface area contributed by atoms with Crippen LogP contribution in [0.4, 0.5) is 0 Å². The lowest BCUT2D eigenvalue weighted by Gasteiger charge is -2.36. The highest BCUT2D eigenvalue weighted by Gasteiger charge is 2.34. The lowest BCUT2D eigenvalue weighted by molar-refractivity contribution is -0.147. The second-order valence-electron chi connectivity index (χ2n) is 9.31. The zero-order chi connectivity index (χ0) is 28.9. The predicted octanol–water partition coefficient (Wildman–Crippen LogP) is 3.53. The first-order valence-electron chi connectivity index (χ1n) is 13.5. The van der Waals surface area contributed by atoms with Crippen molar-refractivity contribution >= 4 is 35.1 Å². The highest BCUT2D eigenvalue weighted by molar-refractivity contribution is 7.80. The molecular formula is C31H33N3O6S. The molecular weight excluding hydrogens is 542 g/mol. The molecule has 0 aliphatic carbocycles. The quantitative estimate of drug-likeness (QED) is 0.192. The first-order chi connectivity index (χ1) is 20.0. The van der Waals surface area contributed by atoms with Crippen molar-refractivity contribution in [3.05, 3.63) is 96.1 Å². The van der Waals surface area contributed by atoms with Crippen molar-refractivity contribution in [2.24, 2.45) is 0 Å². The van der Waals surface area contributed by atoms with E-state index in [-0.39, 0.29) is 24.0 Å². The molecule has 214 valence electrons. The maximum atomic E-state index is 12.8. The molecule has 4 rings (SSSR count). The van der Waals surface area contributed by atoms with Gasteiger partial charge in [-0.15, -0.1) is 0 Å². The molecule has 1 aliphatic rings. The van der Waals surface area contributed by atoms with Gasteiger partial charge in [-0.25, -0.2) is 0 Å². The molecule has 1 unspecified atom stereocenters. The van der Waals surface area contributed by atoms with E-state index in [2.05, 4.69) is 10.6 Å². The van der Waals surface area contributed by atoms with E-state index in [0.29, 0.717) is 44.0 Å².